The Kier molecular flexibility index (Phi) is 10.9. The van der Waals surface area contributed by atoms with Crippen molar-refractivity contribution in [1.82, 2.24) is 20.2 Å². The molecule has 0 bridgehead atoms. The van der Waals surface area contributed by atoms with Gasteiger partial charge in [-0.1, -0.05) is 79.7 Å². The first kappa shape index (κ1) is 30.0. The number of aromatic amines is 1. The first-order chi connectivity index (χ1) is 20.4. The van der Waals surface area contributed by atoms with E-state index < -0.39 is 18.0 Å². The van der Waals surface area contributed by atoms with Crippen LogP contribution in [0.3, 0.4) is 0 Å². The highest BCUT2D eigenvalue weighted by atomic mass is 16.5. The molecule has 9 heteroatoms. The predicted octanol–water partition coefficient (Wildman–Crippen LogP) is 5.03. The van der Waals surface area contributed by atoms with Gasteiger partial charge in [0.1, 0.15) is 19.2 Å². The molecule has 4 rings (SSSR count). The summed E-state index contributed by atoms with van der Waals surface area (Å²) < 4.78 is 5.43. The minimum absolute atomic E-state index is 0.0600. The summed E-state index contributed by atoms with van der Waals surface area (Å²) in [4.78, 5) is 51.2. The summed E-state index contributed by atoms with van der Waals surface area (Å²) >= 11 is 0. The lowest BCUT2D eigenvalue weighted by atomic mass is 10.1. The van der Waals surface area contributed by atoms with Gasteiger partial charge in [-0.2, -0.15) is 0 Å². The molecule has 1 unspecified atom stereocenters. The topological polar surface area (TPSA) is 108 Å². The van der Waals surface area contributed by atoms with Gasteiger partial charge >= 0.3 is 6.09 Å². The van der Waals surface area contributed by atoms with Crippen LogP contribution in [0.4, 0.5) is 10.5 Å². The van der Waals surface area contributed by atoms with Crippen LogP contribution in [-0.4, -0.2) is 51.9 Å². The smallest absolute Gasteiger partial charge is 0.408 e. The molecule has 1 aromatic heterocycles. The Hall–Kier alpha value is -4.92. The summed E-state index contributed by atoms with van der Waals surface area (Å²) in [6, 6.07) is 25.4. The highest BCUT2D eigenvalue weighted by molar-refractivity contribution is 5.97. The van der Waals surface area contributed by atoms with E-state index in [1.54, 1.807) is 11.1 Å². The fraction of sp³-hybridized carbons (Fsp3) is 0.273. The second kappa shape index (κ2) is 15.2. The molecule has 3 aromatic carbocycles. The van der Waals surface area contributed by atoms with E-state index in [0.29, 0.717) is 12.2 Å². The van der Waals surface area contributed by atoms with E-state index in [1.807, 2.05) is 98.8 Å². The zero-order chi connectivity index (χ0) is 29.7. The number of hydrogen-bond acceptors (Lipinski definition) is 5. The van der Waals surface area contributed by atoms with Crippen LogP contribution in [0, 0.1) is 6.92 Å². The Morgan fingerprint density at radius 1 is 0.952 bits per heavy atom. The normalized spacial score (nSPS) is 11.4. The van der Waals surface area contributed by atoms with Gasteiger partial charge in [0.25, 0.3) is 0 Å². The molecule has 9 nitrogen and oxygen atoms in total. The SMILES string of the molecule is CCCN(C(=O)CN(Cc1ccccc1C)C(=O)C(Cc1c[nH]cn1)NC(=O)OCc1ccccc1)c1ccccc1. The maximum atomic E-state index is 14.2. The maximum Gasteiger partial charge on any atom is 0.408 e. The molecule has 1 atom stereocenters. The number of amides is 3. The van der Waals surface area contributed by atoms with Crippen LogP contribution in [0.15, 0.2) is 97.5 Å². The van der Waals surface area contributed by atoms with Crippen LogP contribution >= 0.6 is 0 Å². The summed E-state index contributed by atoms with van der Waals surface area (Å²) in [7, 11) is 0. The van der Waals surface area contributed by atoms with Gasteiger partial charge < -0.3 is 24.8 Å². The third-order valence-corrected chi connectivity index (χ3v) is 6.85. The number of ether oxygens (including phenoxy) is 1. The third-order valence-electron chi connectivity index (χ3n) is 6.85. The van der Waals surface area contributed by atoms with Crippen molar-refractivity contribution >= 4 is 23.6 Å². The lowest BCUT2D eigenvalue weighted by molar-refractivity contribution is -0.137. The summed E-state index contributed by atoms with van der Waals surface area (Å²) in [5, 5.41) is 2.73. The summed E-state index contributed by atoms with van der Waals surface area (Å²) in [6.07, 6.45) is 3.34. The quantitative estimate of drug-likeness (QED) is 0.236. The first-order valence-electron chi connectivity index (χ1n) is 14.1. The van der Waals surface area contributed by atoms with Gasteiger partial charge in [0, 0.05) is 31.4 Å². The van der Waals surface area contributed by atoms with Crippen LogP contribution in [0.25, 0.3) is 0 Å². The van der Waals surface area contributed by atoms with Crippen LogP contribution in [-0.2, 0) is 33.9 Å². The Labute approximate surface area is 246 Å². The molecule has 0 fully saturated rings. The van der Waals surface area contributed by atoms with E-state index in [4.69, 9.17) is 4.74 Å². The van der Waals surface area contributed by atoms with Gasteiger partial charge in [0.05, 0.1) is 12.0 Å². The number of para-hydroxylation sites is 1. The Bertz CT molecular complexity index is 1430. The lowest BCUT2D eigenvalue weighted by Crippen LogP contribution is -2.52. The lowest BCUT2D eigenvalue weighted by Gasteiger charge is -2.30. The van der Waals surface area contributed by atoms with Gasteiger partial charge in [0.15, 0.2) is 0 Å². The molecular formula is C33H37N5O4. The number of carbonyl (C=O) groups excluding carboxylic acids is 3. The highest BCUT2D eigenvalue weighted by Gasteiger charge is 2.30. The number of alkyl carbamates (subject to hydrolysis) is 1. The number of nitrogens with one attached hydrogen (secondary N) is 2. The van der Waals surface area contributed by atoms with Gasteiger partial charge in [-0.25, -0.2) is 9.78 Å². The van der Waals surface area contributed by atoms with Crippen molar-refractivity contribution in [2.75, 3.05) is 18.0 Å². The zero-order valence-corrected chi connectivity index (χ0v) is 24.0. The fourth-order valence-electron chi connectivity index (χ4n) is 4.62. The number of imidazole rings is 1. The number of aryl methyl sites for hydroxylation is 1. The Morgan fingerprint density at radius 3 is 2.31 bits per heavy atom. The summed E-state index contributed by atoms with van der Waals surface area (Å²) in [6.45, 7) is 4.57. The molecular weight excluding hydrogens is 530 g/mol. The molecule has 3 amide bonds. The minimum atomic E-state index is -1.01. The highest BCUT2D eigenvalue weighted by Crippen LogP contribution is 2.17. The molecule has 1 heterocycles. The maximum absolute atomic E-state index is 14.2. The van der Waals surface area contributed by atoms with Crippen molar-refractivity contribution in [1.29, 1.82) is 0 Å². The third kappa shape index (κ3) is 8.54. The van der Waals surface area contributed by atoms with Crippen molar-refractivity contribution in [3.05, 3.63) is 120 Å². The van der Waals surface area contributed by atoms with Crippen LogP contribution in [0.5, 0.6) is 0 Å². The van der Waals surface area contributed by atoms with Crippen LogP contribution in [0.1, 0.15) is 35.7 Å². The Balaban J connectivity index is 1.58. The van der Waals surface area contributed by atoms with E-state index in [2.05, 4.69) is 15.3 Å². The summed E-state index contributed by atoms with van der Waals surface area (Å²) in [5.41, 5.74) is 4.09. The first-order valence-corrected chi connectivity index (χ1v) is 14.1. The number of rotatable bonds is 13. The molecule has 0 radical (unpaired) electrons. The van der Waals surface area contributed by atoms with E-state index in [1.165, 1.54) is 11.2 Å². The number of benzene rings is 3. The molecule has 0 aliphatic carbocycles. The van der Waals surface area contributed by atoms with Gasteiger partial charge in [-0.15, -0.1) is 0 Å². The molecule has 0 aliphatic rings. The van der Waals surface area contributed by atoms with Gasteiger partial charge in [0.2, 0.25) is 11.8 Å². The van der Waals surface area contributed by atoms with E-state index in [0.717, 1.165) is 28.8 Å². The number of hydrogen-bond donors (Lipinski definition) is 2. The average molecular weight is 568 g/mol. The molecule has 42 heavy (non-hydrogen) atoms. The molecule has 4 aromatic rings. The van der Waals surface area contributed by atoms with Crippen molar-refractivity contribution in [3.8, 4) is 0 Å². The van der Waals surface area contributed by atoms with E-state index in [-0.39, 0.29) is 32.0 Å². The molecule has 0 aliphatic heterocycles. The number of aromatic nitrogens is 2. The summed E-state index contributed by atoms with van der Waals surface area (Å²) in [5.74, 6) is -0.620. The predicted molar refractivity (Wildman–Crippen MR) is 162 cm³/mol. The standard InChI is InChI=1S/C33H37N5O4/c1-3-18-38(29-16-8-5-9-17-29)31(39)22-37(21-27-15-11-10-12-25(27)2)32(40)30(19-28-20-34-24-35-28)36-33(41)42-23-26-13-6-4-7-14-26/h4-17,20,24,30H,3,18-19,21-23H2,1-2H3,(H,34,35)(H,36,41). The zero-order valence-electron chi connectivity index (χ0n) is 24.0. The van der Waals surface area contributed by atoms with Crippen LogP contribution in [0.2, 0.25) is 0 Å². The number of H-pyrrole nitrogens is 1. The largest absolute Gasteiger partial charge is 0.445 e. The Morgan fingerprint density at radius 2 is 1.64 bits per heavy atom. The van der Waals surface area contributed by atoms with Crippen LogP contribution < -0.4 is 10.2 Å². The van der Waals surface area contributed by atoms with E-state index >= 15 is 0 Å². The van der Waals surface area contributed by atoms with Crippen molar-refractivity contribution < 1.29 is 19.1 Å². The molecule has 0 spiro atoms. The van der Waals surface area contributed by atoms with Crippen molar-refractivity contribution in [2.24, 2.45) is 0 Å². The van der Waals surface area contributed by atoms with Crippen molar-refractivity contribution in [2.45, 2.75) is 45.9 Å². The van der Waals surface area contributed by atoms with E-state index in [9.17, 15) is 14.4 Å². The molecule has 0 saturated heterocycles. The number of anilines is 1. The van der Waals surface area contributed by atoms with Gasteiger partial charge in [-0.05, 0) is 42.2 Å². The number of nitrogens with zero attached hydrogens (tertiary/aromatic N) is 3. The second-order valence-electron chi connectivity index (χ2n) is 10.0. The molecule has 218 valence electrons. The fourth-order valence-corrected chi connectivity index (χ4v) is 4.62. The average Bonchev–Trinajstić information content (AvgIpc) is 3.53. The van der Waals surface area contributed by atoms with Crippen molar-refractivity contribution in [3.63, 3.8) is 0 Å². The minimum Gasteiger partial charge on any atom is -0.445 e. The molecule has 2 N–H and O–H groups in total. The number of carbonyl (C=O) groups is 3. The monoisotopic (exact) mass is 567 g/mol. The second-order valence-corrected chi connectivity index (χ2v) is 10.0. The molecule has 0 saturated carbocycles. The van der Waals surface area contributed by atoms with Gasteiger partial charge in [-0.3, -0.25) is 9.59 Å².